The van der Waals surface area contributed by atoms with E-state index in [0.29, 0.717) is 17.2 Å². The van der Waals surface area contributed by atoms with Crippen LogP contribution in [-0.4, -0.2) is 32.2 Å². The minimum atomic E-state index is -0.889. The van der Waals surface area contributed by atoms with Crippen molar-refractivity contribution in [3.8, 4) is 11.5 Å². The monoisotopic (exact) mass is 327 g/mol. The smallest absolute Gasteiger partial charge is 0.329 e. The summed E-state index contributed by atoms with van der Waals surface area (Å²) in [6.45, 7) is 0. The summed E-state index contributed by atoms with van der Waals surface area (Å²) < 4.78 is 10.2. The number of carbonyl (C=O) groups excluding carboxylic acids is 2. The number of carbonyl (C=O) groups is 2. The highest BCUT2D eigenvalue weighted by molar-refractivity contribution is 6.39. The molecule has 0 atom stereocenters. The first-order chi connectivity index (χ1) is 11.6. The second-order valence-electron chi connectivity index (χ2n) is 4.63. The summed E-state index contributed by atoms with van der Waals surface area (Å²) in [6, 6.07) is 14.0. The topological polar surface area (TPSA) is 89.0 Å². The largest absolute Gasteiger partial charge is 0.497 e. The standard InChI is InChI=1S/C17H17N3O4/c1-23-13-8-9-14(15(10-13)24-2)19-16(21)17(22)20-18-11-12-6-4-3-5-7-12/h3-11H,1-2H3,(H,19,21)(H,20,22)/b18-11+. The first-order valence-electron chi connectivity index (χ1n) is 7.05. The lowest BCUT2D eigenvalue weighted by Crippen LogP contribution is -2.32. The molecule has 7 nitrogen and oxygen atoms in total. The lowest BCUT2D eigenvalue weighted by molar-refractivity contribution is -0.136. The van der Waals surface area contributed by atoms with Crippen molar-refractivity contribution in [2.24, 2.45) is 5.10 Å². The SMILES string of the molecule is COc1ccc(NC(=O)C(=O)N/N=C/c2ccccc2)c(OC)c1. The van der Waals surface area contributed by atoms with E-state index in [-0.39, 0.29) is 0 Å². The molecule has 2 N–H and O–H groups in total. The zero-order valence-electron chi connectivity index (χ0n) is 13.3. The third-order valence-electron chi connectivity index (χ3n) is 3.04. The van der Waals surface area contributed by atoms with Crippen molar-refractivity contribution < 1.29 is 19.1 Å². The van der Waals surface area contributed by atoms with Crippen molar-refractivity contribution in [3.05, 3.63) is 54.1 Å². The second kappa shape index (κ2) is 8.33. The van der Waals surface area contributed by atoms with Crippen molar-refractivity contribution in [1.29, 1.82) is 0 Å². The minimum Gasteiger partial charge on any atom is -0.497 e. The molecule has 0 aliphatic heterocycles. The average Bonchev–Trinajstić information content (AvgIpc) is 2.62. The number of anilines is 1. The van der Waals surface area contributed by atoms with Gasteiger partial charge in [-0.2, -0.15) is 5.10 Å². The fraction of sp³-hybridized carbons (Fsp3) is 0.118. The van der Waals surface area contributed by atoms with Crippen LogP contribution < -0.4 is 20.2 Å². The molecular formula is C17H17N3O4. The Balaban J connectivity index is 1.96. The van der Waals surface area contributed by atoms with Crippen molar-refractivity contribution in [1.82, 2.24) is 5.43 Å². The van der Waals surface area contributed by atoms with Crippen LogP contribution in [0.2, 0.25) is 0 Å². The van der Waals surface area contributed by atoms with Crippen molar-refractivity contribution in [2.45, 2.75) is 0 Å². The van der Waals surface area contributed by atoms with E-state index in [1.807, 2.05) is 30.3 Å². The molecule has 2 aromatic carbocycles. The number of hydrogen-bond acceptors (Lipinski definition) is 5. The number of methoxy groups -OCH3 is 2. The summed E-state index contributed by atoms with van der Waals surface area (Å²) in [6.07, 6.45) is 1.44. The molecule has 0 heterocycles. The van der Waals surface area contributed by atoms with Crippen molar-refractivity contribution in [3.63, 3.8) is 0 Å². The maximum absolute atomic E-state index is 11.9. The second-order valence-corrected chi connectivity index (χ2v) is 4.63. The van der Waals surface area contributed by atoms with Gasteiger partial charge in [0.2, 0.25) is 0 Å². The first-order valence-corrected chi connectivity index (χ1v) is 7.05. The first kappa shape index (κ1) is 17.0. The fourth-order valence-corrected chi connectivity index (χ4v) is 1.84. The Kier molecular flexibility index (Phi) is 5.90. The summed E-state index contributed by atoms with van der Waals surface area (Å²) in [4.78, 5) is 23.7. The highest BCUT2D eigenvalue weighted by atomic mass is 16.5. The maximum Gasteiger partial charge on any atom is 0.329 e. The van der Waals surface area contributed by atoms with Crippen LogP contribution in [-0.2, 0) is 9.59 Å². The van der Waals surface area contributed by atoms with Crippen LogP contribution in [0, 0.1) is 0 Å². The molecule has 0 bridgehead atoms. The number of nitrogens with one attached hydrogen (secondary N) is 2. The normalized spacial score (nSPS) is 10.2. The quantitative estimate of drug-likeness (QED) is 0.498. The van der Waals surface area contributed by atoms with Crippen LogP contribution in [0.25, 0.3) is 0 Å². The summed E-state index contributed by atoms with van der Waals surface area (Å²) in [5.74, 6) is -0.797. The molecule has 0 radical (unpaired) electrons. The molecular weight excluding hydrogens is 310 g/mol. The molecule has 0 fully saturated rings. The Morgan fingerprint density at radius 3 is 2.42 bits per heavy atom. The van der Waals surface area contributed by atoms with E-state index >= 15 is 0 Å². The van der Waals surface area contributed by atoms with Gasteiger partial charge < -0.3 is 14.8 Å². The summed E-state index contributed by atoms with van der Waals surface area (Å²) in [5.41, 5.74) is 3.32. The molecule has 24 heavy (non-hydrogen) atoms. The van der Waals surface area contributed by atoms with E-state index in [1.165, 1.54) is 20.4 Å². The van der Waals surface area contributed by atoms with Crippen LogP contribution in [0.1, 0.15) is 5.56 Å². The predicted octanol–water partition coefficient (Wildman–Crippen LogP) is 1.79. The number of hydrogen-bond donors (Lipinski definition) is 2. The van der Waals surface area contributed by atoms with Crippen LogP contribution in [0.3, 0.4) is 0 Å². The summed E-state index contributed by atoms with van der Waals surface area (Å²) in [5, 5.41) is 6.19. The van der Waals surface area contributed by atoms with Crippen LogP contribution in [0.4, 0.5) is 5.69 Å². The maximum atomic E-state index is 11.9. The number of nitrogens with zero attached hydrogens (tertiary/aromatic N) is 1. The zero-order chi connectivity index (χ0) is 17.4. The van der Waals surface area contributed by atoms with Crippen molar-refractivity contribution >= 4 is 23.7 Å². The van der Waals surface area contributed by atoms with Gasteiger partial charge in [-0.1, -0.05) is 30.3 Å². The van der Waals surface area contributed by atoms with Crippen LogP contribution in [0.15, 0.2) is 53.6 Å². The Morgan fingerprint density at radius 2 is 1.75 bits per heavy atom. The predicted molar refractivity (Wildman–Crippen MR) is 90.4 cm³/mol. The number of hydrazone groups is 1. The molecule has 2 amide bonds. The average molecular weight is 327 g/mol. The Hall–Kier alpha value is -3.35. The lowest BCUT2D eigenvalue weighted by atomic mass is 10.2. The fourth-order valence-electron chi connectivity index (χ4n) is 1.84. The molecule has 0 aliphatic rings. The highest BCUT2D eigenvalue weighted by Gasteiger charge is 2.15. The molecule has 0 aliphatic carbocycles. The van der Waals surface area contributed by atoms with Gasteiger partial charge in [0, 0.05) is 6.07 Å². The van der Waals surface area contributed by atoms with Gasteiger partial charge in [-0.25, -0.2) is 5.43 Å². The zero-order valence-corrected chi connectivity index (χ0v) is 13.3. The molecule has 2 rings (SSSR count). The van der Waals surface area contributed by atoms with Gasteiger partial charge in [-0.05, 0) is 17.7 Å². The van der Waals surface area contributed by atoms with Gasteiger partial charge in [0.05, 0.1) is 26.1 Å². The molecule has 0 aromatic heterocycles. The van der Waals surface area contributed by atoms with E-state index in [4.69, 9.17) is 9.47 Å². The van der Waals surface area contributed by atoms with Gasteiger partial charge in [0.25, 0.3) is 0 Å². The molecule has 7 heteroatoms. The summed E-state index contributed by atoms with van der Waals surface area (Å²) >= 11 is 0. The number of rotatable bonds is 5. The summed E-state index contributed by atoms with van der Waals surface area (Å²) in [7, 11) is 2.97. The lowest BCUT2D eigenvalue weighted by Gasteiger charge is -2.10. The van der Waals surface area contributed by atoms with Gasteiger partial charge in [-0.15, -0.1) is 0 Å². The van der Waals surface area contributed by atoms with Gasteiger partial charge >= 0.3 is 11.8 Å². The highest BCUT2D eigenvalue weighted by Crippen LogP contribution is 2.28. The van der Waals surface area contributed by atoms with Gasteiger partial charge in [0.15, 0.2) is 0 Å². The molecule has 0 saturated carbocycles. The number of benzene rings is 2. The molecule has 2 aromatic rings. The minimum absolute atomic E-state index is 0.352. The third kappa shape index (κ3) is 4.57. The Bertz CT molecular complexity index is 745. The van der Waals surface area contributed by atoms with Crippen LogP contribution in [0.5, 0.6) is 11.5 Å². The van der Waals surface area contributed by atoms with E-state index in [0.717, 1.165) is 5.56 Å². The number of ether oxygens (including phenoxy) is 2. The number of amides is 2. The van der Waals surface area contributed by atoms with E-state index in [1.54, 1.807) is 18.2 Å². The molecule has 0 saturated heterocycles. The Morgan fingerprint density at radius 1 is 1.00 bits per heavy atom. The third-order valence-corrected chi connectivity index (χ3v) is 3.04. The van der Waals surface area contributed by atoms with Crippen LogP contribution >= 0.6 is 0 Å². The molecule has 124 valence electrons. The van der Waals surface area contributed by atoms with Crippen molar-refractivity contribution in [2.75, 3.05) is 19.5 Å². The Labute approximate surface area is 139 Å². The van der Waals surface area contributed by atoms with E-state index in [2.05, 4.69) is 15.8 Å². The van der Waals surface area contributed by atoms with Gasteiger partial charge in [-0.3, -0.25) is 9.59 Å². The molecule has 0 spiro atoms. The van der Waals surface area contributed by atoms with E-state index < -0.39 is 11.8 Å². The molecule has 0 unspecified atom stereocenters. The van der Waals surface area contributed by atoms with Gasteiger partial charge in [0.1, 0.15) is 11.5 Å². The van der Waals surface area contributed by atoms with E-state index in [9.17, 15) is 9.59 Å².